The lowest BCUT2D eigenvalue weighted by Crippen LogP contribution is -2.41. The van der Waals surface area contributed by atoms with Crippen LogP contribution in [0.25, 0.3) is 0 Å². The van der Waals surface area contributed by atoms with Gasteiger partial charge in [0.25, 0.3) is 0 Å². The molecule has 0 aromatic heterocycles. The fraction of sp³-hybridized carbons (Fsp3) is 0.533. The molecule has 104 valence electrons. The molecular weight excluding hydrogens is 281 g/mol. The van der Waals surface area contributed by atoms with Gasteiger partial charge in [0.05, 0.1) is 11.5 Å². The van der Waals surface area contributed by atoms with Crippen LogP contribution < -0.4 is 0 Å². The van der Waals surface area contributed by atoms with Crippen LogP contribution in [0.3, 0.4) is 0 Å². The number of rotatable bonds is 3. The molecule has 2 rings (SSSR count). The molecule has 4 heteroatoms. The average molecular weight is 300 g/mol. The Morgan fingerprint density at radius 1 is 1.47 bits per heavy atom. The van der Waals surface area contributed by atoms with Gasteiger partial charge in [0.15, 0.2) is 0 Å². The van der Waals surface area contributed by atoms with Crippen molar-refractivity contribution >= 4 is 29.1 Å². The summed E-state index contributed by atoms with van der Waals surface area (Å²) in [7, 11) is 0. The molecule has 1 atom stereocenters. The van der Waals surface area contributed by atoms with Gasteiger partial charge in [0, 0.05) is 17.4 Å². The molecule has 1 heterocycles. The van der Waals surface area contributed by atoms with Crippen LogP contribution in [0.1, 0.15) is 38.3 Å². The van der Waals surface area contributed by atoms with E-state index in [4.69, 9.17) is 23.2 Å². The van der Waals surface area contributed by atoms with Crippen molar-refractivity contribution in [3.8, 4) is 0 Å². The molecule has 1 aliphatic heterocycles. The molecule has 1 aromatic carbocycles. The molecule has 1 fully saturated rings. The van der Waals surface area contributed by atoms with E-state index in [1.807, 2.05) is 43.0 Å². The molecule has 0 bridgehead atoms. The highest BCUT2D eigenvalue weighted by molar-refractivity contribution is 6.30. The largest absolute Gasteiger partial charge is 0.335 e. The molecule has 0 N–H and O–H groups in total. The maximum absolute atomic E-state index is 12.6. The van der Waals surface area contributed by atoms with E-state index in [1.165, 1.54) is 0 Å². The molecular formula is C15H19Cl2NO. The van der Waals surface area contributed by atoms with Crippen molar-refractivity contribution in [1.82, 2.24) is 4.90 Å². The van der Waals surface area contributed by atoms with Gasteiger partial charge in [-0.25, -0.2) is 0 Å². The highest BCUT2D eigenvalue weighted by Crippen LogP contribution is 2.36. The van der Waals surface area contributed by atoms with Gasteiger partial charge in [-0.15, -0.1) is 11.6 Å². The predicted octanol–water partition coefficient (Wildman–Crippen LogP) is 4.27. The third-order valence-corrected chi connectivity index (χ3v) is 4.56. The topological polar surface area (TPSA) is 20.3 Å². The maximum atomic E-state index is 12.6. The number of amides is 1. The van der Waals surface area contributed by atoms with Gasteiger partial charge in [-0.05, 0) is 44.4 Å². The van der Waals surface area contributed by atoms with Crippen LogP contribution in [0.5, 0.6) is 0 Å². The summed E-state index contributed by atoms with van der Waals surface area (Å²) in [6, 6.07) is 7.91. The summed E-state index contributed by atoms with van der Waals surface area (Å²) in [6.07, 6.45) is 2.02. The van der Waals surface area contributed by atoms with Gasteiger partial charge >= 0.3 is 0 Å². The first-order valence-electron chi connectivity index (χ1n) is 6.58. The lowest BCUT2D eigenvalue weighted by molar-refractivity contribution is -0.140. The SMILES string of the molecule is CC(C)(CCl)C(=O)N1CCCC1c1cccc(Cl)c1. The van der Waals surface area contributed by atoms with Gasteiger partial charge in [-0.1, -0.05) is 23.7 Å². The quantitative estimate of drug-likeness (QED) is 0.763. The predicted molar refractivity (Wildman–Crippen MR) is 79.6 cm³/mol. The fourth-order valence-electron chi connectivity index (χ4n) is 2.52. The Labute approximate surface area is 124 Å². The zero-order valence-corrected chi connectivity index (χ0v) is 12.8. The third-order valence-electron chi connectivity index (χ3n) is 3.66. The average Bonchev–Trinajstić information content (AvgIpc) is 2.86. The molecule has 0 radical (unpaired) electrons. The lowest BCUT2D eigenvalue weighted by atomic mass is 9.93. The first-order chi connectivity index (χ1) is 8.95. The van der Waals surface area contributed by atoms with Crippen LogP contribution in [0.15, 0.2) is 24.3 Å². The Balaban J connectivity index is 2.24. The number of alkyl halides is 1. The normalized spacial score (nSPS) is 19.8. The standard InChI is InChI=1S/C15H19Cl2NO/c1-15(2,10-16)14(19)18-8-4-7-13(18)11-5-3-6-12(17)9-11/h3,5-6,9,13H,4,7-8,10H2,1-2H3. The van der Waals surface area contributed by atoms with Crippen LogP contribution in [0.2, 0.25) is 5.02 Å². The molecule has 1 unspecified atom stereocenters. The first-order valence-corrected chi connectivity index (χ1v) is 7.49. The van der Waals surface area contributed by atoms with Crippen LogP contribution in [-0.2, 0) is 4.79 Å². The number of hydrogen-bond acceptors (Lipinski definition) is 1. The zero-order valence-electron chi connectivity index (χ0n) is 11.3. The van der Waals surface area contributed by atoms with E-state index in [1.54, 1.807) is 0 Å². The molecule has 19 heavy (non-hydrogen) atoms. The van der Waals surface area contributed by atoms with Crippen molar-refractivity contribution in [1.29, 1.82) is 0 Å². The minimum atomic E-state index is -0.511. The Hall–Kier alpha value is -0.730. The van der Waals surface area contributed by atoms with E-state index < -0.39 is 5.41 Å². The van der Waals surface area contributed by atoms with Gasteiger partial charge in [0.1, 0.15) is 0 Å². The molecule has 2 nitrogen and oxygen atoms in total. The van der Waals surface area contributed by atoms with Crippen molar-refractivity contribution in [3.05, 3.63) is 34.9 Å². The van der Waals surface area contributed by atoms with E-state index in [0.717, 1.165) is 24.9 Å². The van der Waals surface area contributed by atoms with Crippen molar-refractivity contribution in [3.63, 3.8) is 0 Å². The highest BCUT2D eigenvalue weighted by atomic mass is 35.5. The number of carbonyl (C=O) groups is 1. The first kappa shape index (κ1) is 14.7. The molecule has 0 spiro atoms. The van der Waals surface area contributed by atoms with E-state index in [2.05, 4.69) is 0 Å². The Morgan fingerprint density at radius 3 is 2.84 bits per heavy atom. The summed E-state index contributed by atoms with van der Waals surface area (Å²) in [6.45, 7) is 4.60. The van der Waals surface area contributed by atoms with E-state index in [0.29, 0.717) is 10.9 Å². The third kappa shape index (κ3) is 3.06. The van der Waals surface area contributed by atoms with Crippen LogP contribution in [-0.4, -0.2) is 23.2 Å². The summed E-state index contributed by atoms with van der Waals surface area (Å²) in [5, 5.41) is 0.716. The zero-order chi connectivity index (χ0) is 14.0. The highest BCUT2D eigenvalue weighted by Gasteiger charge is 2.37. The number of carbonyl (C=O) groups excluding carboxylic acids is 1. The summed E-state index contributed by atoms with van der Waals surface area (Å²) in [4.78, 5) is 14.5. The number of benzene rings is 1. The molecule has 0 aliphatic carbocycles. The Morgan fingerprint density at radius 2 is 2.21 bits per heavy atom. The van der Waals surface area contributed by atoms with Crippen LogP contribution >= 0.6 is 23.2 Å². The minimum Gasteiger partial charge on any atom is -0.335 e. The number of likely N-dealkylation sites (tertiary alicyclic amines) is 1. The smallest absolute Gasteiger partial charge is 0.229 e. The molecule has 1 aromatic rings. The van der Waals surface area contributed by atoms with Crippen LogP contribution in [0.4, 0.5) is 0 Å². The number of halogens is 2. The summed E-state index contributed by atoms with van der Waals surface area (Å²) >= 11 is 12.0. The monoisotopic (exact) mass is 299 g/mol. The summed E-state index contributed by atoms with van der Waals surface area (Å²) in [5.41, 5.74) is 0.603. The summed E-state index contributed by atoms with van der Waals surface area (Å²) in [5.74, 6) is 0.468. The van der Waals surface area contributed by atoms with Crippen molar-refractivity contribution in [2.24, 2.45) is 5.41 Å². The minimum absolute atomic E-state index is 0.130. The van der Waals surface area contributed by atoms with E-state index >= 15 is 0 Å². The van der Waals surface area contributed by atoms with Crippen molar-refractivity contribution in [2.75, 3.05) is 12.4 Å². The number of nitrogens with zero attached hydrogens (tertiary/aromatic N) is 1. The molecule has 1 amide bonds. The maximum Gasteiger partial charge on any atom is 0.229 e. The Bertz CT molecular complexity index is 473. The van der Waals surface area contributed by atoms with Gasteiger partial charge < -0.3 is 4.90 Å². The lowest BCUT2D eigenvalue weighted by Gasteiger charge is -2.32. The molecule has 0 saturated carbocycles. The molecule has 1 aliphatic rings. The van der Waals surface area contributed by atoms with Gasteiger partial charge in [-0.2, -0.15) is 0 Å². The van der Waals surface area contributed by atoms with E-state index in [-0.39, 0.29) is 11.9 Å². The second kappa shape index (κ2) is 5.72. The van der Waals surface area contributed by atoms with Gasteiger partial charge in [0.2, 0.25) is 5.91 Å². The summed E-state index contributed by atoms with van der Waals surface area (Å²) < 4.78 is 0. The molecule has 1 saturated heterocycles. The second-order valence-electron chi connectivity index (χ2n) is 5.73. The van der Waals surface area contributed by atoms with E-state index in [9.17, 15) is 4.79 Å². The fourth-order valence-corrected chi connectivity index (χ4v) is 2.83. The van der Waals surface area contributed by atoms with Crippen LogP contribution in [0, 0.1) is 5.41 Å². The number of hydrogen-bond donors (Lipinski definition) is 0. The van der Waals surface area contributed by atoms with Crippen molar-refractivity contribution < 1.29 is 4.79 Å². The Kier molecular flexibility index (Phi) is 4.42. The van der Waals surface area contributed by atoms with Crippen molar-refractivity contribution in [2.45, 2.75) is 32.7 Å². The van der Waals surface area contributed by atoms with Gasteiger partial charge in [-0.3, -0.25) is 4.79 Å². The second-order valence-corrected chi connectivity index (χ2v) is 6.43.